The average molecular weight is 484 g/mol. The number of carbonyl (C=O) groups excluding carboxylic acids is 2. The van der Waals surface area contributed by atoms with E-state index in [2.05, 4.69) is 0 Å². The SMILES string of the molecule is Cc1ccc(-c2cc(C(F)(F)F)cc(C(F)(F)F)c2)cc1C1=C(O)C(C)(C)C(=O)C(C)(C)C1=O. The highest BCUT2D eigenvalue weighted by Gasteiger charge is 2.53. The minimum Gasteiger partial charge on any atom is -0.510 e. The van der Waals surface area contributed by atoms with Crippen LogP contribution < -0.4 is 0 Å². The van der Waals surface area contributed by atoms with Crippen molar-refractivity contribution < 1.29 is 41.0 Å². The van der Waals surface area contributed by atoms with Crippen LogP contribution in [0.3, 0.4) is 0 Å². The molecule has 1 aliphatic rings. The van der Waals surface area contributed by atoms with Crippen LogP contribution >= 0.6 is 0 Å². The van der Waals surface area contributed by atoms with Crippen molar-refractivity contribution >= 4 is 17.1 Å². The fourth-order valence-electron chi connectivity index (χ4n) is 4.17. The van der Waals surface area contributed by atoms with E-state index in [0.29, 0.717) is 17.7 Å². The molecule has 0 bridgehead atoms. The van der Waals surface area contributed by atoms with E-state index in [1.165, 1.54) is 45.9 Å². The zero-order chi connectivity index (χ0) is 26.0. The Morgan fingerprint density at radius 3 is 1.71 bits per heavy atom. The lowest BCUT2D eigenvalue weighted by atomic mass is 9.62. The highest BCUT2D eigenvalue weighted by atomic mass is 19.4. The smallest absolute Gasteiger partial charge is 0.416 e. The van der Waals surface area contributed by atoms with E-state index in [4.69, 9.17) is 0 Å². The van der Waals surface area contributed by atoms with E-state index in [9.17, 15) is 41.0 Å². The number of alkyl halides is 6. The van der Waals surface area contributed by atoms with Gasteiger partial charge in [0, 0.05) is 0 Å². The van der Waals surface area contributed by atoms with Crippen LogP contribution in [0.15, 0.2) is 42.2 Å². The van der Waals surface area contributed by atoms with Crippen LogP contribution in [0.4, 0.5) is 26.3 Å². The number of aliphatic hydroxyl groups is 1. The minimum absolute atomic E-state index is 0.0159. The van der Waals surface area contributed by atoms with Gasteiger partial charge in [-0.3, -0.25) is 9.59 Å². The summed E-state index contributed by atoms with van der Waals surface area (Å²) in [7, 11) is 0. The molecule has 0 amide bonds. The molecular formula is C25H22F6O3. The standard InChI is InChI=1S/C25H22F6O3/c1-12-6-7-13(14-8-15(24(26,27)28)11-16(9-14)25(29,30)31)10-17(12)18-19(32)22(2,3)21(34)23(4,5)20(18)33/h6-11,32H,1-5H3. The highest BCUT2D eigenvalue weighted by Crippen LogP contribution is 2.47. The van der Waals surface area contributed by atoms with Crippen LogP contribution in [0.25, 0.3) is 16.7 Å². The lowest BCUT2D eigenvalue weighted by Crippen LogP contribution is -2.48. The summed E-state index contributed by atoms with van der Waals surface area (Å²) >= 11 is 0. The number of rotatable bonds is 2. The van der Waals surface area contributed by atoms with Gasteiger partial charge in [0.2, 0.25) is 0 Å². The summed E-state index contributed by atoms with van der Waals surface area (Å²) in [6.07, 6.45) is -10.0. The lowest BCUT2D eigenvalue weighted by molar-refractivity contribution is -0.144. The summed E-state index contributed by atoms with van der Waals surface area (Å²) in [5.74, 6) is -1.69. The van der Waals surface area contributed by atoms with Crippen LogP contribution in [-0.4, -0.2) is 16.7 Å². The molecule has 0 aromatic heterocycles. The van der Waals surface area contributed by atoms with E-state index in [0.717, 1.165) is 0 Å². The number of hydrogen-bond acceptors (Lipinski definition) is 3. The van der Waals surface area contributed by atoms with Gasteiger partial charge in [0.05, 0.1) is 27.5 Å². The Hall–Kier alpha value is -3.10. The van der Waals surface area contributed by atoms with Gasteiger partial charge in [-0.15, -0.1) is 0 Å². The first-order valence-corrected chi connectivity index (χ1v) is 10.2. The van der Waals surface area contributed by atoms with E-state index >= 15 is 0 Å². The van der Waals surface area contributed by atoms with Crippen molar-refractivity contribution in [2.45, 2.75) is 47.0 Å². The fourth-order valence-corrected chi connectivity index (χ4v) is 4.17. The molecule has 0 spiro atoms. The summed E-state index contributed by atoms with van der Waals surface area (Å²) in [5.41, 5.74) is -5.84. The Labute approximate surface area is 192 Å². The molecule has 2 aromatic carbocycles. The number of hydrogen-bond donors (Lipinski definition) is 1. The predicted molar refractivity (Wildman–Crippen MR) is 114 cm³/mol. The van der Waals surface area contributed by atoms with Gasteiger partial charge >= 0.3 is 12.4 Å². The second-order valence-corrected chi connectivity index (χ2v) is 9.46. The number of carbonyl (C=O) groups is 2. The van der Waals surface area contributed by atoms with Gasteiger partial charge in [-0.1, -0.05) is 12.1 Å². The average Bonchev–Trinajstić information content (AvgIpc) is 2.71. The maximum atomic E-state index is 13.3. The molecule has 2 aromatic rings. The first-order valence-electron chi connectivity index (χ1n) is 10.2. The summed E-state index contributed by atoms with van der Waals surface area (Å²) in [4.78, 5) is 26.0. The van der Waals surface area contributed by atoms with Crippen molar-refractivity contribution in [3.05, 3.63) is 64.4 Å². The predicted octanol–water partition coefficient (Wildman–Crippen LogP) is 7.17. The molecule has 0 atom stereocenters. The van der Waals surface area contributed by atoms with Crippen molar-refractivity contribution in [3.8, 4) is 11.1 Å². The number of aryl methyl sites for hydroxylation is 1. The van der Waals surface area contributed by atoms with Gasteiger partial charge in [0.1, 0.15) is 5.76 Å². The summed E-state index contributed by atoms with van der Waals surface area (Å²) in [6.45, 7) is 7.29. The number of allylic oxidation sites excluding steroid dienone is 2. The number of halogens is 6. The van der Waals surface area contributed by atoms with E-state index in [1.807, 2.05) is 0 Å². The van der Waals surface area contributed by atoms with Gasteiger partial charge in [-0.2, -0.15) is 26.3 Å². The molecule has 1 N–H and O–H groups in total. The number of benzene rings is 2. The number of Topliss-reactive ketones (excluding diaryl/α,β-unsaturated/α-hetero) is 2. The van der Waals surface area contributed by atoms with Crippen molar-refractivity contribution in [2.24, 2.45) is 10.8 Å². The Kier molecular flexibility index (Phi) is 5.79. The Balaban J connectivity index is 2.30. The number of ketones is 2. The van der Waals surface area contributed by atoms with Crippen LogP contribution in [0.2, 0.25) is 0 Å². The maximum absolute atomic E-state index is 13.3. The first-order chi connectivity index (χ1) is 15.3. The van der Waals surface area contributed by atoms with Crippen LogP contribution in [0.5, 0.6) is 0 Å². The molecule has 0 heterocycles. The molecule has 0 saturated carbocycles. The topological polar surface area (TPSA) is 54.4 Å². The highest BCUT2D eigenvalue weighted by molar-refractivity contribution is 6.34. The molecule has 9 heteroatoms. The lowest BCUT2D eigenvalue weighted by Gasteiger charge is -2.38. The first kappa shape index (κ1) is 25.5. The molecule has 3 nitrogen and oxygen atoms in total. The molecule has 34 heavy (non-hydrogen) atoms. The monoisotopic (exact) mass is 484 g/mol. The summed E-state index contributed by atoms with van der Waals surface area (Å²) in [5, 5.41) is 10.9. The molecule has 0 radical (unpaired) electrons. The minimum atomic E-state index is -5.02. The molecule has 0 fully saturated rings. The fraction of sp³-hybridized carbons (Fsp3) is 0.360. The molecule has 1 aliphatic carbocycles. The van der Waals surface area contributed by atoms with Gasteiger partial charge < -0.3 is 5.11 Å². The van der Waals surface area contributed by atoms with Crippen molar-refractivity contribution in [1.29, 1.82) is 0 Å². The Morgan fingerprint density at radius 1 is 0.735 bits per heavy atom. The van der Waals surface area contributed by atoms with E-state index in [1.54, 1.807) is 6.92 Å². The second-order valence-electron chi connectivity index (χ2n) is 9.46. The Morgan fingerprint density at radius 2 is 1.24 bits per heavy atom. The molecule has 0 aliphatic heterocycles. The van der Waals surface area contributed by atoms with Crippen molar-refractivity contribution in [2.75, 3.05) is 0 Å². The molecule has 3 rings (SSSR count). The third kappa shape index (κ3) is 4.12. The molecule has 182 valence electrons. The van der Waals surface area contributed by atoms with Gasteiger partial charge in [0.25, 0.3) is 0 Å². The number of aliphatic hydroxyl groups excluding tert-OH is 1. The van der Waals surface area contributed by atoms with Gasteiger partial charge in [0.15, 0.2) is 11.6 Å². The molecule has 0 unspecified atom stereocenters. The third-order valence-electron chi connectivity index (χ3n) is 6.19. The van der Waals surface area contributed by atoms with Crippen molar-refractivity contribution in [1.82, 2.24) is 0 Å². The van der Waals surface area contributed by atoms with Crippen LogP contribution in [0, 0.1) is 17.8 Å². The summed E-state index contributed by atoms with van der Waals surface area (Å²) in [6, 6.07) is 5.25. The maximum Gasteiger partial charge on any atom is 0.416 e. The van der Waals surface area contributed by atoms with Gasteiger partial charge in [-0.05, 0) is 81.1 Å². The quantitative estimate of drug-likeness (QED) is 0.363. The normalized spacial score (nSPS) is 18.4. The Bertz CT molecular complexity index is 1200. The largest absolute Gasteiger partial charge is 0.510 e. The van der Waals surface area contributed by atoms with Crippen molar-refractivity contribution in [3.63, 3.8) is 0 Å². The summed E-state index contributed by atoms with van der Waals surface area (Å²) < 4.78 is 79.9. The zero-order valence-corrected chi connectivity index (χ0v) is 19.0. The second kappa shape index (κ2) is 7.71. The zero-order valence-electron chi connectivity index (χ0n) is 19.0. The van der Waals surface area contributed by atoms with Crippen LogP contribution in [0.1, 0.15) is 49.9 Å². The molecular weight excluding hydrogens is 462 g/mol. The van der Waals surface area contributed by atoms with E-state index < -0.39 is 51.6 Å². The van der Waals surface area contributed by atoms with E-state index in [-0.39, 0.29) is 28.3 Å². The third-order valence-corrected chi connectivity index (χ3v) is 6.19. The molecule has 0 saturated heterocycles. The van der Waals surface area contributed by atoms with Gasteiger partial charge in [-0.25, -0.2) is 0 Å². The van der Waals surface area contributed by atoms with Crippen LogP contribution in [-0.2, 0) is 21.9 Å².